The minimum Gasteiger partial charge on any atom is -0.480 e. The number of aryl methyl sites for hydroxylation is 1. The van der Waals surface area contributed by atoms with Gasteiger partial charge in [-0.1, -0.05) is 13.8 Å². The average Bonchev–Trinajstić information content (AvgIpc) is 2.80. The lowest BCUT2D eigenvalue weighted by Gasteiger charge is -2.17. The monoisotopic (exact) mass is 270 g/mol. The smallest absolute Gasteiger partial charge is 0.326 e. The van der Waals surface area contributed by atoms with E-state index < -0.39 is 12.0 Å². The fourth-order valence-electron chi connectivity index (χ4n) is 1.50. The van der Waals surface area contributed by atoms with Gasteiger partial charge >= 0.3 is 5.97 Å². The molecule has 7 heteroatoms. The van der Waals surface area contributed by atoms with E-state index in [1.54, 1.807) is 19.9 Å². The first-order valence-corrected chi connectivity index (χ1v) is 5.95. The predicted molar refractivity (Wildman–Crippen MR) is 65.8 cm³/mol. The number of aromatic nitrogens is 1. The van der Waals surface area contributed by atoms with Gasteiger partial charge in [-0.15, -0.1) is 0 Å². The number of methoxy groups -OCH3 is 1. The molecule has 0 aliphatic heterocycles. The first-order valence-electron chi connectivity index (χ1n) is 5.95. The van der Waals surface area contributed by atoms with Gasteiger partial charge < -0.3 is 19.7 Å². The van der Waals surface area contributed by atoms with Crippen molar-refractivity contribution in [1.82, 2.24) is 10.5 Å². The van der Waals surface area contributed by atoms with E-state index in [4.69, 9.17) is 14.4 Å². The number of carboxylic acids is 1. The molecule has 1 amide bonds. The van der Waals surface area contributed by atoms with Crippen LogP contribution >= 0.6 is 0 Å². The number of ether oxygens (including phenoxy) is 1. The molecule has 0 spiro atoms. The zero-order chi connectivity index (χ0) is 14.4. The molecule has 0 radical (unpaired) electrons. The molecule has 0 aliphatic carbocycles. The predicted octanol–water partition coefficient (Wildman–Crippen LogP) is 0.841. The second kappa shape index (κ2) is 6.77. The van der Waals surface area contributed by atoms with E-state index in [-0.39, 0.29) is 18.2 Å². The van der Waals surface area contributed by atoms with Crippen molar-refractivity contribution in [1.29, 1.82) is 0 Å². The van der Waals surface area contributed by atoms with Gasteiger partial charge in [-0.25, -0.2) is 4.79 Å². The van der Waals surface area contributed by atoms with Crippen molar-refractivity contribution in [2.45, 2.75) is 32.7 Å². The van der Waals surface area contributed by atoms with Gasteiger partial charge in [0, 0.05) is 18.9 Å². The van der Waals surface area contributed by atoms with Crippen LogP contribution in [0.4, 0.5) is 0 Å². The van der Waals surface area contributed by atoms with Crippen LogP contribution < -0.4 is 10.1 Å². The van der Waals surface area contributed by atoms with E-state index in [1.165, 1.54) is 7.11 Å². The van der Waals surface area contributed by atoms with Gasteiger partial charge in [0.1, 0.15) is 11.8 Å². The third-order valence-electron chi connectivity index (χ3n) is 2.59. The van der Waals surface area contributed by atoms with E-state index in [2.05, 4.69) is 10.5 Å². The molecule has 0 saturated carbocycles. The van der Waals surface area contributed by atoms with Crippen molar-refractivity contribution in [3.8, 4) is 5.88 Å². The molecule has 0 saturated heterocycles. The summed E-state index contributed by atoms with van der Waals surface area (Å²) in [5, 5.41) is 15.0. The van der Waals surface area contributed by atoms with E-state index in [0.29, 0.717) is 18.1 Å². The molecule has 2 N–H and O–H groups in total. The number of aliphatic carboxylic acids is 1. The standard InChI is InChI=1S/C12H18N2O5/c1-7(2)11(12(16)17)13-9(15)5-4-8-6-10(18-3)14-19-8/h6-7,11H,4-5H2,1-3H3,(H,13,15)(H,16,17)/t11-/m0/s1. The van der Waals surface area contributed by atoms with Crippen molar-refractivity contribution in [3.63, 3.8) is 0 Å². The summed E-state index contributed by atoms with van der Waals surface area (Å²) in [7, 11) is 1.47. The van der Waals surface area contributed by atoms with Crippen LogP contribution in [0, 0.1) is 5.92 Å². The number of hydrogen-bond acceptors (Lipinski definition) is 5. The van der Waals surface area contributed by atoms with E-state index in [9.17, 15) is 9.59 Å². The van der Waals surface area contributed by atoms with E-state index in [1.807, 2.05) is 0 Å². The second-order valence-corrected chi connectivity index (χ2v) is 4.46. The third kappa shape index (κ3) is 4.61. The Morgan fingerprint density at radius 3 is 2.68 bits per heavy atom. The number of nitrogens with one attached hydrogen (secondary N) is 1. The molecule has 1 heterocycles. The van der Waals surface area contributed by atoms with Gasteiger partial charge in [0.2, 0.25) is 5.91 Å². The minimum absolute atomic E-state index is 0.134. The maximum atomic E-state index is 11.6. The van der Waals surface area contributed by atoms with Crippen molar-refractivity contribution in [2.75, 3.05) is 7.11 Å². The zero-order valence-electron chi connectivity index (χ0n) is 11.2. The van der Waals surface area contributed by atoms with E-state index >= 15 is 0 Å². The Morgan fingerprint density at radius 1 is 1.53 bits per heavy atom. The largest absolute Gasteiger partial charge is 0.480 e. The van der Waals surface area contributed by atoms with Crippen molar-refractivity contribution in [2.24, 2.45) is 5.92 Å². The van der Waals surface area contributed by atoms with Gasteiger partial charge in [-0.3, -0.25) is 4.79 Å². The fraction of sp³-hybridized carbons (Fsp3) is 0.583. The molecule has 1 rings (SSSR count). The van der Waals surface area contributed by atoms with Crippen molar-refractivity contribution >= 4 is 11.9 Å². The highest BCUT2D eigenvalue weighted by atomic mass is 16.5. The average molecular weight is 270 g/mol. The third-order valence-corrected chi connectivity index (χ3v) is 2.59. The normalized spacial score (nSPS) is 12.2. The number of hydrogen-bond donors (Lipinski definition) is 2. The molecule has 0 aliphatic rings. The Kier molecular flexibility index (Phi) is 5.35. The van der Waals surface area contributed by atoms with Crippen molar-refractivity contribution in [3.05, 3.63) is 11.8 Å². The van der Waals surface area contributed by atoms with Crippen LogP contribution in [-0.2, 0) is 16.0 Å². The Hall–Kier alpha value is -2.05. The SMILES string of the molecule is COc1cc(CCC(=O)N[C@H](C(=O)O)C(C)C)on1. The van der Waals surface area contributed by atoms with Crippen LogP contribution in [-0.4, -0.2) is 35.3 Å². The van der Waals surface area contributed by atoms with E-state index in [0.717, 1.165) is 0 Å². The highest BCUT2D eigenvalue weighted by molar-refractivity contribution is 5.83. The number of rotatable bonds is 7. The van der Waals surface area contributed by atoms with Crippen LogP contribution in [0.5, 0.6) is 5.88 Å². The van der Waals surface area contributed by atoms with Gasteiger partial charge in [-0.2, -0.15) is 0 Å². The van der Waals surface area contributed by atoms with Gasteiger partial charge in [0.05, 0.1) is 7.11 Å². The molecular weight excluding hydrogens is 252 g/mol. The Bertz CT molecular complexity index is 441. The summed E-state index contributed by atoms with van der Waals surface area (Å²) in [6, 6.07) is 0.710. The summed E-state index contributed by atoms with van der Waals surface area (Å²) in [6.07, 6.45) is 0.474. The van der Waals surface area contributed by atoms with Crippen LogP contribution in [0.3, 0.4) is 0 Å². The first-order chi connectivity index (χ1) is 8.93. The quantitative estimate of drug-likeness (QED) is 0.761. The summed E-state index contributed by atoms with van der Waals surface area (Å²) < 4.78 is 9.78. The lowest BCUT2D eigenvalue weighted by atomic mass is 10.0. The topological polar surface area (TPSA) is 102 Å². The fourth-order valence-corrected chi connectivity index (χ4v) is 1.50. The Balaban J connectivity index is 2.44. The molecular formula is C12H18N2O5. The maximum Gasteiger partial charge on any atom is 0.326 e. The van der Waals surface area contributed by atoms with Crippen LogP contribution in [0.1, 0.15) is 26.0 Å². The number of amides is 1. The Morgan fingerprint density at radius 2 is 2.21 bits per heavy atom. The first kappa shape index (κ1) is 15.0. The molecule has 1 aromatic rings. The summed E-state index contributed by atoms with van der Waals surface area (Å²) >= 11 is 0. The maximum absolute atomic E-state index is 11.6. The number of nitrogens with zero attached hydrogens (tertiary/aromatic N) is 1. The number of carbonyl (C=O) groups is 2. The van der Waals surface area contributed by atoms with Crippen LogP contribution in [0.2, 0.25) is 0 Å². The highest BCUT2D eigenvalue weighted by Gasteiger charge is 2.23. The van der Waals surface area contributed by atoms with Crippen LogP contribution in [0.25, 0.3) is 0 Å². The summed E-state index contributed by atoms with van der Waals surface area (Å²) in [5.41, 5.74) is 0. The molecule has 106 valence electrons. The molecule has 0 bridgehead atoms. The molecule has 7 nitrogen and oxygen atoms in total. The molecule has 0 unspecified atom stereocenters. The number of carbonyl (C=O) groups excluding carboxylic acids is 1. The molecule has 19 heavy (non-hydrogen) atoms. The van der Waals surface area contributed by atoms with Gasteiger partial charge in [0.15, 0.2) is 0 Å². The van der Waals surface area contributed by atoms with Crippen molar-refractivity contribution < 1.29 is 24.0 Å². The molecule has 0 fully saturated rings. The summed E-state index contributed by atoms with van der Waals surface area (Å²) in [5.74, 6) is -0.683. The lowest BCUT2D eigenvalue weighted by molar-refractivity contribution is -0.143. The minimum atomic E-state index is -1.04. The second-order valence-electron chi connectivity index (χ2n) is 4.46. The van der Waals surface area contributed by atoms with Gasteiger partial charge in [0.25, 0.3) is 5.88 Å². The summed E-state index contributed by atoms with van der Waals surface area (Å²) in [6.45, 7) is 3.47. The molecule has 1 atom stereocenters. The molecule has 0 aromatic carbocycles. The number of carboxylic acid groups (broad SMARTS) is 1. The molecule has 1 aromatic heterocycles. The summed E-state index contributed by atoms with van der Waals surface area (Å²) in [4.78, 5) is 22.6. The lowest BCUT2D eigenvalue weighted by Crippen LogP contribution is -2.44. The highest BCUT2D eigenvalue weighted by Crippen LogP contribution is 2.12. The Labute approximate surface area is 110 Å². The zero-order valence-corrected chi connectivity index (χ0v) is 11.2. The van der Waals surface area contributed by atoms with Gasteiger partial charge in [-0.05, 0) is 11.1 Å². The van der Waals surface area contributed by atoms with Crippen LogP contribution in [0.15, 0.2) is 10.6 Å².